The third-order valence-corrected chi connectivity index (χ3v) is 6.32. The Hall–Kier alpha value is -1.75. The third kappa shape index (κ3) is 4.95. The number of likely N-dealkylation sites (tertiary alicyclic amines) is 2. The molecule has 3 heterocycles. The zero-order chi connectivity index (χ0) is 18.5. The van der Waals surface area contributed by atoms with E-state index in [2.05, 4.69) is 57.2 Å². The van der Waals surface area contributed by atoms with Crippen molar-refractivity contribution in [3.63, 3.8) is 0 Å². The van der Waals surface area contributed by atoms with Crippen LogP contribution < -0.4 is 0 Å². The summed E-state index contributed by atoms with van der Waals surface area (Å²) >= 11 is 0. The molecule has 2 aliphatic heterocycles. The molecule has 2 aliphatic rings. The van der Waals surface area contributed by atoms with Gasteiger partial charge in [0.25, 0.3) is 0 Å². The predicted molar refractivity (Wildman–Crippen MR) is 109 cm³/mol. The highest BCUT2D eigenvalue weighted by molar-refractivity contribution is 5.15. The molecule has 2 atom stereocenters. The average Bonchev–Trinajstić information content (AvgIpc) is 3.09. The van der Waals surface area contributed by atoms with E-state index >= 15 is 0 Å². The van der Waals surface area contributed by atoms with Crippen LogP contribution in [0.15, 0.2) is 54.9 Å². The van der Waals surface area contributed by atoms with Crippen molar-refractivity contribution < 1.29 is 5.11 Å². The minimum Gasteiger partial charge on any atom is -0.391 e. The summed E-state index contributed by atoms with van der Waals surface area (Å²) < 4.78 is 0. The summed E-state index contributed by atoms with van der Waals surface area (Å²) in [6.07, 6.45) is 8.04. The van der Waals surface area contributed by atoms with E-state index in [1.165, 1.54) is 37.1 Å². The maximum absolute atomic E-state index is 10.5. The lowest BCUT2D eigenvalue weighted by Gasteiger charge is -2.36. The Kier molecular flexibility index (Phi) is 6.17. The molecule has 1 N–H and O–H groups in total. The van der Waals surface area contributed by atoms with Crippen molar-refractivity contribution in [2.45, 2.75) is 37.8 Å². The lowest BCUT2D eigenvalue weighted by Crippen LogP contribution is -2.44. The molecular formula is C23H31N3O. The second-order valence-electron chi connectivity index (χ2n) is 8.15. The van der Waals surface area contributed by atoms with E-state index in [-0.39, 0.29) is 6.10 Å². The van der Waals surface area contributed by atoms with Gasteiger partial charge in [0.1, 0.15) is 0 Å². The normalized spacial score (nSPS) is 25.1. The molecule has 0 saturated carbocycles. The number of β-amino-alcohol motifs (C(OH)–C–C–N with tert-alkyl or cyclic N) is 1. The molecule has 0 radical (unpaired) electrons. The Balaban J connectivity index is 1.23. The molecule has 4 heteroatoms. The van der Waals surface area contributed by atoms with Crippen LogP contribution in [0.2, 0.25) is 0 Å². The van der Waals surface area contributed by atoms with Gasteiger partial charge in [0.15, 0.2) is 0 Å². The van der Waals surface area contributed by atoms with Gasteiger partial charge in [0, 0.05) is 44.0 Å². The van der Waals surface area contributed by atoms with Crippen molar-refractivity contribution in [3.05, 3.63) is 66.0 Å². The Morgan fingerprint density at radius 2 is 1.67 bits per heavy atom. The highest BCUT2D eigenvalue weighted by Gasteiger charge is 2.36. The molecule has 2 fully saturated rings. The number of aliphatic hydroxyl groups is 1. The van der Waals surface area contributed by atoms with Crippen LogP contribution in [0.1, 0.15) is 24.0 Å². The van der Waals surface area contributed by atoms with Gasteiger partial charge in [-0.15, -0.1) is 0 Å². The van der Waals surface area contributed by atoms with E-state index in [4.69, 9.17) is 0 Å². The molecule has 0 unspecified atom stereocenters. The summed E-state index contributed by atoms with van der Waals surface area (Å²) in [5, 5.41) is 10.5. The molecule has 0 spiro atoms. The summed E-state index contributed by atoms with van der Waals surface area (Å²) in [7, 11) is 0. The van der Waals surface area contributed by atoms with Crippen LogP contribution in [0.4, 0.5) is 0 Å². The first kappa shape index (κ1) is 18.6. The van der Waals surface area contributed by atoms with Gasteiger partial charge in [-0.05, 0) is 62.0 Å². The van der Waals surface area contributed by atoms with E-state index in [1.807, 2.05) is 12.4 Å². The number of aliphatic hydroxyl groups excluding tert-OH is 1. The minimum absolute atomic E-state index is 0.200. The number of nitrogens with zero attached hydrogens (tertiary/aromatic N) is 3. The predicted octanol–water partition coefficient (Wildman–Crippen LogP) is 2.62. The number of benzene rings is 1. The van der Waals surface area contributed by atoms with E-state index in [1.54, 1.807) is 0 Å². The van der Waals surface area contributed by atoms with E-state index in [0.29, 0.717) is 12.0 Å². The first-order valence-corrected chi connectivity index (χ1v) is 10.4. The number of pyridine rings is 1. The number of hydrogen-bond acceptors (Lipinski definition) is 4. The van der Waals surface area contributed by atoms with Crippen molar-refractivity contribution in [3.8, 4) is 0 Å². The molecule has 1 aromatic heterocycles. The molecular weight excluding hydrogens is 334 g/mol. The van der Waals surface area contributed by atoms with Gasteiger partial charge in [-0.25, -0.2) is 0 Å². The van der Waals surface area contributed by atoms with Crippen LogP contribution in [0, 0.1) is 5.92 Å². The number of aromatic nitrogens is 1. The van der Waals surface area contributed by atoms with Gasteiger partial charge in [0.2, 0.25) is 0 Å². The van der Waals surface area contributed by atoms with Crippen molar-refractivity contribution in [1.29, 1.82) is 0 Å². The molecule has 2 saturated heterocycles. The van der Waals surface area contributed by atoms with Gasteiger partial charge >= 0.3 is 0 Å². The first-order chi connectivity index (χ1) is 13.3. The fraction of sp³-hybridized carbons (Fsp3) is 0.522. The fourth-order valence-corrected chi connectivity index (χ4v) is 4.65. The van der Waals surface area contributed by atoms with Gasteiger partial charge in [0.05, 0.1) is 6.10 Å². The SMILES string of the molecule is O[C@H]1CN(C2CCN(CCc3ccccc3)CC2)C[C@H]1Cc1ccncc1. The number of hydrogen-bond donors (Lipinski definition) is 1. The topological polar surface area (TPSA) is 39.6 Å². The van der Waals surface area contributed by atoms with Crippen LogP contribution in [0.3, 0.4) is 0 Å². The van der Waals surface area contributed by atoms with E-state index in [0.717, 1.165) is 32.5 Å². The fourth-order valence-electron chi connectivity index (χ4n) is 4.65. The van der Waals surface area contributed by atoms with Crippen molar-refractivity contribution in [1.82, 2.24) is 14.8 Å². The summed E-state index contributed by atoms with van der Waals surface area (Å²) in [4.78, 5) is 9.24. The molecule has 4 nitrogen and oxygen atoms in total. The zero-order valence-electron chi connectivity index (χ0n) is 16.1. The van der Waals surface area contributed by atoms with Crippen molar-refractivity contribution in [2.24, 2.45) is 5.92 Å². The van der Waals surface area contributed by atoms with Crippen molar-refractivity contribution >= 4 is 0 Å². The zero-order valence-corrected chi connectivity index (χ0v) is 16.1. The summed E-state index contributed by atoms with van der Waals surface area (Å²) in [5.74, 6) is 0.350. The highest BCUT2D eigenvalue weighted by Crippen LogP contribution is 2.27. The second kappa shape index (κ2) is 8.96. The maximum Gasteiger partial charge on any atom is 0.0710 e. The van der Waals surface area contributed by atoms with Gasteiger partial charge < -0.3 is 10.0 Å². The third-order valence-electron chi connectivity index (χ3n) is 6.32. The highest BCUT2D eigenvalue weighted by atomic mass is 16.3. The summed E-state index contributed by atoms with van der Waals surface area (Å²) in [6, 6.07) is 15.6. The van der Waals surface area contributed by atoms with Crippen LogP contribution >= 0.6 is 0 Å². The Morgan fingerprint density at radius 1 is 0.926 bits per heavy atom. The monoisotopic (exact) mass is 365 g/mol. The van der Waals surface area contributed by atoms with Crippen LogP contribution in [0.5, 0.6) is 0 Å². The van der Waals surface area contributed by atoms with E-state index < -0.39 is 0 Å². The van der Waals surface area contributed by atoms with Gasteiger partial charge in [-0.1, -0.05) is 30.3 Å². The average molecular weight is 366 g/mol. The lowest BCUT2D eigenvalue weighted by atomic mass is 9.97. The Labute approximate surface area is 162 Å². The largest absolute Gasteiger partial charge is 0.391 e. The smallest absolute Gasteiger partial charge is 0.0710 e. The molecule has 4 rings (SSSR count). The van der Waals surface area contributed by atoms with Crippen LogP contribution in [-0.4, -0.2) is 64.8 Å². The molecule has 0 amide bonds. The Bertz CT molecular complexity index is 685. The molecule has 144 valence electrons. The first-order valence-electron chi connectivity index (χ1n) is 10.4. The molecule has 0 bridgehead atoms. The summed E-state index contributed by atoms with van der Waals surface area (Å²) in [6.45, 7) is 5.38. The number of piperidine rings is 1. The quantitative estimate of drug-likeness (QED) is 0.854. The molecule has 0 aliphatic carbocycles. The maximum atomic E-state index is 10.5. The van der Waals surface area contributed by atoms with Crippen molar-refractivity contribution in [2.75, 3.05) is 32.7 Å². The van der Waals surface area contributed by atoms with E-state index in [9.17, 15) is 5.11 Å². The van der Waals surface area contributed by atoms with Crippen LogP contribution in [-0.2, 0) is 12.8 Å². The second-order valence-corrected chi connectivity index (χ2v) is 8.15. The summed E-state index contributed by atoms with van der Waals surface area (Å²) in [5.41, 5.74) is 2.72. The van der Waals surface area contributed by atoms with Gasteiger partial charge in [-0.3, -0.25) is 9.88 Å². The number of rotatable bonds is 6. The molecule has 2 aromatic rings. The molecule has 27 heavy (non-hydrogen) atoms. The minimum atomic E-state index is -0.200. The lowest BCUT2D eigenvalue weighted by molar-refractivity contribution is 0.107. The Morgan fingerprint density at radius 3 is 2.41 bits per heavy atom. The molecule has 1 aromatic carbocycles. The van der Waals surface area contributed by atoms with Gasteiger partial charge in [-0.2, -0.15) is 0 Å². The van der Waals surface area contributed by atoms with Crippen LogP contribution in [0.25, 0.3) is 0 Å². The standard InChI is InChI=1S/C23H31N3O/c27-23-18-26(17-21(23)16-20-6-11-24-12-7-20)22-9-14-25(15-10-22)13-8-19-4-2-1-3-5-19/h1-7,11-12,21-23,27H,8-10,13-18H2/t21-,23+/m1/s1.